The van der Waals surface area contributed by atoms with E-state index in [4.69, 9.17) is 19.4 Å². The maximum atomic E-state index is 6.33. The molecular weight excluding hydrogens is 338 g/mol. The molecule has 0 aliphatic carbocycles. The predicted molar refractivity (Wildman–Crippen MR) is 110 cm³/mol. The summed E-state index contributed by atoms with van der Waals surface area (Å²) in [4.78, 5) is 12.2. The predicted octanol–water partition coefficient (Wildman–Crippen LogP) is 4.24. The van der Waals surface area contributed by atoms with Gasteiger partial charge in [-0.25, -0.2) is 9.97 Å². The van der Waals surface area contributed by atoms with E-state index in [0.717, 1.165) is 69.3 Å². The van der Waals surface area contributed by atoms with Crippen molar-refractivity contribution in [1.82, 2.24) is 9.97 Å². The van der Waals surface area contributed by atoms with Crippen LogP contribution in [0.25, 0.3) is 0 Å². The van der Waals surface area contributed by atoms with Crippen LogP contribution in [0.3, 0.4) is 0 Å². The molecule has 2 fully saturated rings. The Balaban J connectivity index is 1.69. The largest absolute Gasteiger partial charge is 0.381 e. The lowest BCUT2D eigenvalue weighted by molar-refractivity contribution is -0.0744. The quantitative estimate of drug-likeness (QED) is 0.791. The highest BCUT2D eigenvalue weighted by atomic mass is 16.5. The molecule has 0 bridgehead atoms. The Bertz CT molecular complexity index is 587. The van der Waals surface area contributed by atoms with Gasteiger partial charge in [-0.3, -0.25) is 0 Å². The smallest absolute Gasteiger partial charge is 0.136 e. The lowest BCUT2D eigenvalue weighted by Gasteiger charge is -2.36. The van der Waals surface area contributed by atoms with Gasteiger partial charge in [0, 0.05) is 43.2 Å². The first-order valence-corrected chi connectivity index (χ1v) is 10.5. The van der Waals surface area contributed by atoms with E-state index in [1.807, 2.05) is 0 Å². The van der Waals surface area contributed by atoms with Crippen molar-refractivity contribution in [3.63, 3.8) is 0 Å². The van der Waals surface area contributed by atoms with Gasteiger partial charge in [-0.05, 0) is 25.7 Å². The maximum absolute atomic E-state index is 6.33. The third-order valence-corrected chi connectivity index (χ3v) is 5.47. The molecule has 5 nitrogen and oxygen atoms in total. The average Bonchev–Trinajstić information content (AvgIpc) is 2.61. The number of ether oxygens (including phenoxy) is 2. The lowest BCUT2D eigenvalue weighted by Crippen LogP contribution is -2.40. The molecule has 3 heterocycles. The summed E-state index contributed by atoms with van der Waals surface area (Å²) < 4.78 is 11.8. The Kier molecular flexibility index (Phi) is 6.11. The van der Waals surface area contributed by atoms with Crippen LogP contribution in [0, 0.1) is 0 Å². The monoisotopic (exact) mass is 375 g/mol. The van der Waals surface area contributed by atoms with Gasteiger partial charge in [0.1, 0.15) is 11.6 Å². The highest BCUT2D eigenvalue weighted by Gasteiger charge is 2.28. The second-order valence-corrected chi connectivity index (χ2v) is 10.1. The van der Waals surface area contributed by atoms with E-state index in [1.165, 1.54) is 0 Å². The summed E-state index contributed by atoms with van der Waals surface area (Å²) in [5.74, 6) is 2.01. The minimum atomic E-state index is -0.0551. The molecule has 2 aliphatic rings. The fourth-order valence-corrected chi connectivity index (χ4v) is 3.62. The molecular formula is C22H37N3O2. The summed E-state index contributed by atoms with van der Waals surface area (Å²) in [6.45, 7) is 16.9. The molecule has 152 valence electrons. The standard InChI is InChI=1S/C22H37N3O2/c1-21(2,3)18-15-19(24-20(23-18)22(4,5)6)25-11-7-16(8-12-25)27-17-9-13-26-14-10-17/h15-17H,7-14H2,1-6H3. The minimum absolute atomic E-state index is 0.0160. The van der Waals surface area contributed by atoms with Crippen LogP contribution in [-0.2, 0) is 20.3 Å². The van der Waals surface area contributed by atoms with Gasteiger partial charge in [0.2, 0.25) is 0 Å². The van der Waals surface area contributed by atoms with Crippen LogP contribution in [-0.4, -0.2) is 48.5 Å². The summed E-state index contributed by atoms with van der Waals surface area (Å²) in [5.41, 5.74) is 1.08. The molecule has 27 heavy (non-hydrogen) atoms. The maximum Gasteiger partial charge on any atom is 0.136 e. The van der Waals surface area contributed by atoms with Crippen molar-refractivity contribution in [3.8, 4) is 0 Å². The SMILES string of the molecule is CC(C)(C)c1cc(N2CCC(OC3CCOCC3)CC2)nc(C(C)(C)C)n1. The normalized spacial score (nSPS) is 20.9. The number of hydrogen-bond acceptors (Lipinski definition) is 5. The van der Waals surface area contributed by atoms with E-state index in [-0.39, 0.29) is 10.8 Å². The van der Waals surface area contributed by atoms with Crippen LogP contribution in [0.4, 0.5) is 5.82 Å². The molecule has 0 N–H and O–H groups in total. The second kappa shape index (κ2) is 8.04. The van der Waals surface area contributed by atoms with Crippen molar-refractivity contribution in [3.05, 3.63) is 17.6 Å². The molecule has 2 aliphatic heterocycles. The van der Waals surface area contributed by atoms with Gasteiger partial charge in [0.25, 0.3) is 0 Å². The highest BCUT2D eigenvalue weighted by molar-refractivity contribution is 5.42. The van der Waals surface area contributed by atoms with Crippen molar-refractivity contribution < 1.29 is 9.47 Å². The number of rotatable bonds is 3. The summed E-state index contributed by atoms with van der Waals surface area (Å²) >= 11 is 0. The summed E-state index contributed by atoms with van der Waals surface area (Å²) in [7, 11) is 0. The van der Waals surface area contributed by atoms with Crippen molar-refractivity contribution in [2.75, 3.05) is 31.2 Å². The molecule has 2 saturated heterocycles. The van der Waals surface area contributed by atoms with Crippen molar-refractivity contribution in [2.24, 2.45) is 0 Å². The van der Waals surface area contributed by atoms with E-state index in [9.17, 15) is 0 Å². The first kappa shape index (κ1) is 20.5. The first-order valence-electron chi connectivity index (χ1n) is 10.5. The van der Waals surface area contributed by atoms with Crippen LogP contribution in [0.15, 0.2) is 6.07 Å². The van der Waals surface area contributed by atoms with Crippen molar-refractivity contribution in [2.45, 2.75) is 90.3 Å². The molecule has 1 aromatic rings. The molecule has 0 spiro atoms. The van der Waals surface area contributed by atoms with Crippen LogP contribution in [0.1, 0.15) is 78.7 Å². The molecule has 1 aromatic heterocycles. The lowest BCUT2D eigenvalue weighted by atomic mass is 9.90. The van der Waals surface area contributed by atoms with Crippen LogP contribution >= 0.6 is 0 Å². The molecule has 0 radical (unpaired) electrons. The average molecular weight is 376 g/mol. The Labute approximate surface area is 164 Å². The van der Waals surface area contributed by atoms with E-state index in [1.54, 1.807) is 0 Å². The van der Waals surface area contributed by atoms with Crippen LogP contribution in [0.2, 0.25) is 0 Å². The first-order chi connectivity index (χ1) is 12.6. The zero-order chi connectivity index (χ0) is 19.7. The molecule has 0 atom stereocenters. The fourth-order valence-electron chi connectivity index (χ4n) is 3.62. The van der Waals surface area contributed by atoms with Gasteiger partial charge in [0.15, 0.2) is 0 Å². The number of nitrogens with zero attached hydrogens (tertiary/aromatic N) is 3. The van der Waals surface area contributed by atoms with Gasteiger partial charge in [-0.2, -0.15) is 0 Å². The summed E-state index contributed by atoms with van der Waals surface area (Å²) in [6.07, 6.45) is 4.96. The highest BCUT2D eigenvalue weighted by Crippen LogP contribution is 2.30. The third kappa shape index (κ3) is 5.41. The Morgan fingerprint density at radius 1 is 0.889 bits per heavy atom. The third-order valence-electron chi connectivity index (χ3n) is 5.47. The second-order valence-electron chi connectivity index (χ2n) is 10.1. The molecule has 0 amide bonds. The minimum Gasteiger partial charge on any atom is -0.381 e. The number of aromatic nitrogens is 2. The van der Waals surface area contributed by atoms with Crippen LogP contribution in [0.5, 0.6) is 0 Å². The number of anilines is 1. The molecule has 3 rings (SSSR count). The molecule has 0 aromatic carbocycles. The van der Waals surface area contributed by atoms with Gasteiger partial charge in [-0.1, -0.05) is 41.5 Å². The number of hydrogen-bond donors (Lipinski definition) is 0. The van der Waals surface area contributed by atoms with E-state index in [2.05, 4.69) is 52.5 Å². The topological polar surface area (TPSA) is 47.5 Å². The van der Waals surface area contributed by atoms with Crippen LogP contribution < -0.4 is 4.90 Å². The van der Waals surface area contributed by atoms with Gasteiger partial charge in [0.05, 0.1) is 17.9 Å². The zero-order valence-electron chi connectivity index (χ0n) is 18.0. The fraction of sp³-hybridized carbons (Fsp3) is 0.818. The summed E-state index contributed by atoms with van der Waals surface area (Å²) in [5, 5.41) is 0. The van der Waals surface area contributed by atoms with E-state index >= 15 is 0 Å². The molecule has 5 heteroatoms. The Hall–Kier alpha value is -1.20. The van der Waals surface area contributed by atoms with E-state index in [0.29, 0.717) is 12.2 Å². The van der Waals surface area contributed by atoms with Gasteiger partial charge < -0.3 is 14.4 Å². The Morgan fingerprint density at radius 2 is 1.48 bits per heavy atom. The van der Waals surface area contributed by atoms with Gasteiger partial charge >= 0.3 is 0 Å². The zero-order valence-corrected chi connectivity index (χ0v) is 18.0. The number of piperidine rings is 1. The van der Waals surface area contributed by atoms with Gasteiger partial charge in [-0.15, -0.1) is 0 Å². The molecule has 0 unspecified atom stereocenters. The van der Waals surface area contributed by atoms with Crippen molar-refractivity contribution >= 4 is 5.82 Å². The molecule has 0 saturated carbocycles. The Morgan fingerprint density at radius 3 is 2.04 bits per heavy atom. The summed E-state index contributed by atoms with van der Waals surface area (Å²) in [6, 6.07) is 2.19. The van der Waals surface area contributed by atoms with Crippen molar-refractivity contribution in [1.29, 1.82) is 0 Å². The van der Waals surface area contributed by atoms with E-state index < -0.39 is 0 Å².